The van der Waals surface area contributed by atoms with Crippen molar-refractivity contribution in [2.45, 2.75) is 57.8 Å². The SMILES string of the molecule is COc1cc(C#CC(C(C)C)N2C3CC2CN(c2ccc(-c4cc(OCC(C)(C)O)cn5ncc(C#N)c45)cn2)C3)ccn1. The van der Waals surface area contributed by atoms with E-state index < -0.39 is 5.60 Å². The van der Waals surface area contributed by atoms with Gasteiger partial charge in [0.15, 0.2) is 0 Å². The van der Waals surface area contributed by atoms with Crippen LogP contribution in [0, 0.1) is 29.1 Å². The van der Waals surface area contributed by atoms with E-state index in [2.05, 4.69) is 51.6 Å². The minimum Gasteiger partial charge on any atom is -0.489 e. The van der Waals surface area contributed by atoms with Gasteiger partial charge in [-0.2, -0.15) is 10.4 Å². The van der Waals surface area contributed by atoms with Crippen LogP contribution in [0.1, 0.15) is 45.2 Å². The van der Waals surface area contributed by atoms with Crippen molar-refractivity contribution in [3.8, 4) is 40.7 Å². The second-order valence-corrected chi connectivity index (χ2v) is 12.5. The molecule has 3 unspecified atom stereocenters. The van der Waals surface area contributed by atoms with Gasteiger partial charge in [-0.3, -0.25) is 4.90 Å². The molecule has 10 nitrogen and oxygen atoms in total. The maximum Gasteiger partial charge on any atom is 0.214 e. The molecule has 3 fully saturated rings. The first kappa shape index (κ1) is 29.4. The van der Waals surface area contributed by atoms with E-state index in [1.807, 2.05) is 36.5 Å². The molecule has 1 N–H and O–H groups in total. The Morgan fingerprint density at radius 3 is 2.57 bits per heavy atom. The van der Waals surface area contributed by atoms with Crippen LogP contribution in [0.15, 0.2) is 55.1 Å². The van der Waals surface area contributed by atoms with Crippen LogP contribution in [-0.2, 0) is 0 Å². The fourth-order valence-electron chi connectivity index (χ4n) is 6.09. The van der Waals surface area contributed by atoms with Gasteiger partial charge in [-0.05, 0) is 50.5 Å². The second-order valence-electron chi connectivity index (χ2n) is 12.5. The number of aromatic nitrogens is 4. The zero-order valence-corrected chi connectivity index (χ0v) is 25.7. The van der Waals surface area contributed by atoms with Crippen LogP contribution in [0.25, 0.3) is 16.6 Å². The quantitative estimate of drug-likeness (QED) is 0.302. The first-order valence-corrected chi connectivity index (χ1v) is 14.9. The van der Waals surface area contributed by atoms with Gasteiger partial charge < -0.3 is 19.5 Å². The van der Waals surface area contributed by atoms with Gasteiger partial charge in [0, 0.05) is 60.3 Å². The lowest BCUT2D eigenvalue weighted by Gasteiger charge is -2.59. The van der Waals surface area contributed by atoms with Gasteiger partial charge in [0.1, 0.15) is 24.2 Å². The number of piperazine rings is 1. The van der Waals surface area contributed by atoms with Crippen molar-refractivity contribution < 1.29 is 14.6 Å². The number of anilines is 1. The fraction of sp³-hybridized carbons (Fsp3) is 0.412. The first-order chi connectivity index (χ1) is 21.1. The molecular weight excluding hydrogens is 554 g/mol. The average molecular weight is 592 g/mol. The number of aliphatic hydroxyl groups is 1. The maximum absolute atomic E-state index is 10.1. The molecule has 226 valence electrons. The molecule has 0 saturated carbocycles. The highest BCUT2D eigenvalue weighted by Gasteiger charge is 2.48. The highest BCUT2D eigenvalue weighted by atomic mass is 16.5. The molecule has 3 saturated heterocycles. The molecule has 7 heterocycles. The van der Waals surface area contributed by atoms with Gasteiger partial charge >= 0.3 is 0 Å². The van der Waals surface area contributed by atoms with Gasteiger partial charge in [-0.1, -0.05) is 25.7 Å². The van der Waals surface area contributed by atoms with Crippen LogP contribution in [0.5, 0.6) is 11.6 Å². The number of rotatable bonds is 8. The summed E-state index contributed by atoms with van der Waals surface area (Å²) in [5.74, 6) is 9.34. The summed E-state index contributed by atoms with van der Waals surface area (Å²) < 4.78 is 12.8. The van der Waals surface area contributed by atoms with Crippen LogP contribution in [0.3, 0.4) is 0 Å². The molecule has 2 bridgehead atoms. The number of methoxy groups -OCH3 is 1. The lowest BCUT2D eigenvalue weighted by molar-refractivity contribution is -0.0337. The molecule has 3 aliphatic heterocycles. The molecule has 3 atom stereocenters. The predicted molar refractivity (Wildman–Crippen MR) is 167 cm³/mol. The Balaban J connectivity index is 1.20. The standard InChI is InChI=1S/C34H37N7O3/c1-22(2)30(8-6-23-10-11-36-32(12-23)43-5)41-26-13-27(41)19-39(18-26)31-9-7-24(16-37-31)29-14-28(44-21-34(3,4)42)20-40-33(29)25(15-35)17-38-40/h7,9-12,14,16-17,20,22,26-27,30,42H,13,18-19,21H2,1-5H3. The molecular formula is C34H37N7O3. The third-order valence-electron chi connectivity index (χ3n) is 8.19. The van der Waals surface area contributed by atoms with Gasteiger partial charge in [0.25, 0.3) is 0 Å². The first-order valence-electron chi connectivity index (χ1n) is 14.9. The Morgan fingerprint density at radius 1 is 1.11 bits per heavy atom. The van der Waals surface area contributed by atoms with Crippen molar-refractivity contribution in [3.63, 3.8) is 0 Å². The van der Waals surface area contributed by atoms with Gasteiger partial charge in [0.2, 0.25) is 5.88 Å². The van der Waals surface area contributed by atoms with Crippen molar-refractivity contribution in [2.24, 2.45) is 5.92 Å². The fourth-order valence-corrected chi connectivity index (χ4v) is 6.09. The Morgan fingerprint density at radius 2 is 1.91 bits per heavy atom. The largest absolute Gasteiger partial charge is 0.489 e. The molecule has 4 aromatic rings. The third-order valence-corrected chi connectivity index (χ3v) is 8.19. The summed E-state index contributed by atoms with van der Waals surface area (Å²) in [5, 5.41) is 24.2. The number of hydrogen-bond acceptors (Lipinski definition) is 9. The van der Waals surface area contributed by atoms with Crippen LogP contribution in [-0.4, -0.2) is 80.1 Å². The van der Waals surface area contributed by atoms with Crippen LogP contribution < -0.4 is 14.4 Å². The molecule has 3 aliphatic rings. The molecule has 44 heavy (non-hydrogen) atoms. The van der Waals surface area contributed by atoms with Crippen molar-refractivity contribution in [1.82, 2.24) is 24.5 Å². The summed E-state index contributed by atoms with van der Waals surface area (Å²) in [6.07, 6.45) is 8.01. The second kappa shape index (κ2) is 11.8. The van der Waals surface area contributed by atoms with E-state index in [0.717, 1.165) is 42.0 Å². The lowest BCUT2D eigenvalue weighted by atomic mass is 9.83. The smallest absolute Gasteiger partial charge is 0.214 e. The summed E-state index contributed by atoms with van der Waals surface area (Å²) >= 11 is 0. The normalized spacial score (nSPS) is 18.7. The van der Waals surface area contributed by atoms with E-state index >= 15 is 0 Å². The monoisotopic (exact) mass is 591 g/mol. The Bertz CT molecular complexity index is 1750. The van der Waals surface area contributed by atoms with Gasteiger partial charge in [-0.15, -0.1) is 0 Å². The van der Waals surface area contributed by atoms with E-state index in [0.29, 0.717) is 40.7 Å². The van der Waals surface area contributed by atoms with Crippen LogP contribution in [0.2, 0.25) is 0 Å². The summed E-state index contributed by atoms with van der Waals surface area (Å²) in [6, 6.07) is 13.0. The van der Waals surface area contributed by atoms with Crippen molar-refractivity contribution in [2.75, 3.05) is 31.7 Å². The van der Waals surface area contributed by atoms with Crippen molar-refractivity contribution >= 4 is 11.3 Å². The molecule has 4 aromatic heterocycles. The number of nitriles is 1. The number of piperidine rings is 1. The Kier molecular flexibility index (Phi) is 7.89. The molecule has 7 rings (SSSR count). The molecule has 0 aliphatic carbocycles. The third kappa shape index (κ3) is 5.92. The van der Waals surface area contributed by atoms with E-state index in [4.69, 9.17) is 14.5 Å². The minimum absolute atomic E-state index is 0.123. The predicted octanol–water partition coefficient (Wildman–Crippen LogP) is 4.16. The Labute approximate surface area is 257 Å². The number of ether oxygens (including phenoxy) is 2. The van der Waals surface area contributed by atoms with E-state index in [1.54, 1.807) is 44.1 Å². The minimum atomic E-state index is -0.986. The topological polar surface area (TPSA) is 112 Å². The maximum atomic E-state index is 10.1. The van der Waals surface area contributed by atoms with Crippen molar-refractivity contribution in [1.29, 1.82) is 5.26 Å². The Hall–Kier alpha value is -4.64. The molecule has 0 aromatic carbocycles. The molecule has 0 amide bonds. The number of nitrogens with zero attached hydrogens (tertiary/aromatic N) is 7. The highest BCUT2D eigenvalue weighted by molar-refractivity contribution is 5.85. The summed E-state index contributed by atoms with van der Waals surface area (Å²) in [4.78, 5) is 14.0. The lowest BCUT2D eigenvalue weighted by Crippen LogP contribution is -2.71. The van der Waals surface area contributed by atoms with E-state index in [9.17, 15) is 10.4 Å². The molecule has 10 heteroatoms. The molecule has 0 radical (unpaired) electrons. The molecule has 0 spiro atoms. The zero-order valence-electron chi connectivity index (χ0n) is 25.7. The van der Waals surface area contributed by atoms with E-state index in [1.165, 1.54) is 0 Å². The number of pyridine rings is 3. The summed E-state index contributed by atoms with van der Waals surface area (Å²) in [5.41, 5.74) is 2.74. The average Bonchev–Trinajstić information content (AvgIpc) is 3.44. The zero-order chi connectivity index (χ0) is 31.0. The van der Waals surface area contributed by atoms with Crippen LogP contribution >= 0.6 is 0 Å². The summed E-state index contributed by atoms with van der Waals surface area (Å²) in [6.45, 7) is 9.76. The van der Waals surface area contributed by atoms with Crippen molar-refractivity contribution in [3.05, 3.63) is 66.2 Å². The van der Waals surface area contributed by atoms with E-state index in [-0.39, 0.29) is 12.6 Å². The van der Waals surface area contributed by atoms with Crippen LogP contribution in [0.4, 0.5) is 5.82 Å². The van der Waals surface area contributed by atoms with Gasteiger partial charge in [-0.25, -0.2) is 14.5 Å². The van der Waals surface area contributed by atoms with Gasteiger partial charge in [0.05, 0.1) is 42.2 Å². The number of fused-ring (bicyclic) bond motifs is 3. The number of hydrogen-bond donors (Lipinski definition) is 1. The highest BCUT2D eigenvalue weighted by Crippen LogP contribution is 2.38. The summed E-state index contributed by atoms with van der Waals surface area (Å²) in [7, 11) is 1.61.